The molecule has 9 heteroatoms. The fourth-order valence-electron chi connectivity index (χ4n) is 7.13. The summed E-state index contributed by atoms with van der Waals surface area (Å²) in [5.41, 5.74) is -0.727. The van der Waals surface area contributed by atoms with E-state index in [0.717, 1.165) is 49.0 Å². The minimum atomic E-state index is -4.63. The Morgan fingerprint density at radius 2 is 0.981 bits per heavy atom. The summed E-state index contributed by atoms with van der Waals surface area (Å²) < 4.78 is 96.4. The van der Waals surface area contributed by atoms with E-state index in [0.29, 0.717) is 22.3 Å². The van der Waals surface area contributed by atoms with E-state index in [1.54, 1.807) is 24.3 Å². The lowest BCUT2D eigenvalue weighted by Crippen LogP contribution is -2.42. The van der Waals surface area contributed by atoms with Crippen molar-refractivity contribution in [2.24, 2.45) is 0 Å². The molecule has 0 aliphatic heterocycles. The zero-order chi connectivity index (χ0) is 37.7. The summed E-state index contributed by atoms with van der Waals surface area (Å²) in [6.07, 6.45) is 2.72. The van der Waals surface area contributed by atoms with Crippen molar-refractivity contribution in [1.29, 1.82) is 0 Å². The van der Waals surface area contributed by atoms with Crippen LogP contribution >= 0.6 is 0 Å². The molecule has 0 N–H and O–H groups in total. The van der Waals surface area contributed by atoms with Crippen molar-refractivity contribution in [2.75, 3.05) is 0 Å². The van der Waals surface area contributed by atoms with Gasteiger partial charge in [0.25, 0.3) is 0 Å². The number of benzene rings is 2. The summed E-state index contributed by atoms with van der Waals surface area (Å²) in [6, 6.07) is 24.5. The number of hydrogen-bond donors (Lipinski definition) is 0. The van der Waals surface area contributed by atoms with Gasteiger partial charge in [0, 0.05) is 12.4 Å². The molecule has 6 rings (SSSR count). The molecule has 2 heterocycles. The molecule has 0 saturated carbocycles. The number of halogens is 6. The van der Waals surface area contributed by atoms with Gasteiger partial charge >= 0.3 is 12.4 Å². The molecule has 0 amide bonds. The van der Waals surface area contributed by atoms with Gasteiger partial charge in [0.05, 0.1) is 11.4 Å². The minimum Gasteiger partial charge on any atom is -0.356 e. The van der Waals surface area contributed by atoms with Crippen molar-refractivity contribution in [3.63, 3.8) is 0 Å². The second-order valence-corrected chi connectivity index (χ2v) is 13.7. The zero-order valence-electron chi connectivity index (χ0n) is 29.7. The van der Waals surface area contributed by atoms with E-state index in [-0.39, 0.29) is 11.4 Å². The summed E-state index contributed by atoms with van der Waals surface area (Å²) in [4.78, 5) is 8.54. The van der Waals surface area contributed by atoms with Crippen LogP contribution in [0.15, 0.2) is 145 Å². The zero-order valence-corrected chi connectivity index (χ0v) is 29.7. The first-order valence-corrected chi connectivity index (χ1v) is 18.0. The maximum Gasteiger partial charge on any atom is 0.403 e. The second kappa shape index (κ2) is 15.7. The highest BCUT2D eigenvalue weighted by Crippen LogP contribution is 2.51. The largest absolute Gasteiger partial charge is 0.403 e. The number of nitrogens with zero attached hydrogens (tertiary/aromatic N) is 2. The van der Waals surface area contributed by atoms with Gasteiger partial charge in [-0.15, -0.1) is 0 Å². The van der Waals surface area contributed by atoms with Crippen molar-refractivity contribution in [3.05, 3.63) is 179 Å². The van der Waals surface area contributed by atoms with Crippen LogP contribution in [0, 0.1) is 0 Å². The summed E-state index contributed by atoms with van der Waals surface area (Å²) >= 11 is 0. The molecule has 53 heavy (non-hydrogen) atoms. The van der Waals surface area contributed by atoms with Crippen LogP contribution in [0.5, 0.6) is 0 Å². The fraction of sp³-hybridized carbons (Fsp3) is 0.318. The summed E-state index contributed by atoms with van der Waals surface area (Å²) in [5.74, 6) is 0. The molecule has 3 nitrogen and oxygen atoms in total. The molecule has 4 unspecified atom stereocenters. The topological polar surface area (TPSA) is 35.0 Å². The van der Waals surface area contributed by atoms with Crippen LogP contribution in [-0.4, -0.2) is 22.3 Å². The van der Waals surface area contributed by atoms with Crippen LogP contribution in [0.4, 0.5) is 26.3 Å². The van der Waals surface area contributed by atoms with Gasteiger partial charge < -0.3 is 4.74 Å². The maximum absolute atomic E-state index is 14.9. The standard InChI is InChI=1S/C44H42F6N2O/c1-3-11-31-17-19-37(51-29-31)41(43(45,46)47)25-21-35(22-26-41)39(33-13-7-5-8-14-33)53-40(34-15-9-6-10-16-34)36-23-27-42(28-24-36,44(48,49)50)38-20-18-32(12-4-2)30-52-38/h5-10,13-25,27,29-30,39-40H,3-4,11-12,26,28H2,1-2H3. The summed E-state index contributed by atoms with van der Waals surface area (Å²) in [7, 11) is 0. The smallest absolute Gasteiger partial charge is 0.356 e. The maximum atomic E-state index is 14.9. The average Bonchev–Trinajstić information content (AvgIpc) is 3.16. The van der Waals surface area contributed by atoms with Crippen LogP contribution in [0.1, 0.15) is 85.4 Å². The third kappa shape index (κ3) is 7.81. The average molecular weight is 729 g/mol. The first kappa shape index (κ1) is 38.0. The van der Waals surface area contributed by atoms with Crippen molar-refractivity contribution < 1.29 is 31.1 Å². The number of rotatable bonds is 12. The lowest BCUT2D eigenvalue weighted by Gasteiger charge is -2.37. The summed E-state index contributed by atoms with van der Waals surface area (Å²) in [6.45, 7) is 3.99. The molecule has 4 aromatic rings. The lowest BCUT2D eigenvalue weighted by molar-refractivity contribution is -0.177. The van der Waals surface area contributed by atoms with Gasteiger partial charge in [-0.05, 0) is 71.2 Å². The van der Waals surface area contributed by atoms with E-state index in [9.17, 15) is 26.3 Å². The number of aryl methyl sites for hydroxylation is 2. The molecule has 2 aromatic heterocycles. The van der Waals surface area contributed by atoms with Gasteiger partial charge in [-0.2, -0.15) is 26.3 Å². The quantitative estimate of drug-likeness (QED) is 0.136. The van der Waals surface area contributed by atoms with Gasteiger partial charge in [0.2, 0.25) is 0 Å². The third-order valence-electron chi connectivity index (χ3n) is 10.2. The molecule has 0 fully saturated rings. The number of alkyl halides is 6. The van der Waals surface area contributed by atoms with Crippen molar-refractivity contribution in [3.8, 4) is 0 Å². The monoisotopic (exact) mass is 728 g/mol. The van der Waals surface area contributed by atoms with Crippen LogP contribution in [0.3, 0.4) is 0 Å². The molecule has 0 bridgehead atoms. The van der Waals surface area contributed by atoms with E-state index in [4.69, 9.17) is 4.74 Å². The first-order valence-electron chi connectivity index (χ1n) is 18.0. The highest BCUT2D eigenvalue weighted by molar-refractivity contribution is 5.45. The Bertz CT molecular complexity index is 1800. The predicted octanol–water partition coefficient (Wildman–Crippen LogP) is 12.0. The van der Waals surface area contributed by atoms with E-state index >= 15 is 0 Å². The van der Waals surface area contributed by atoms with Crippen LogP contribution in [-0.2, 0) is 28.4 Å². The molecule has 276 valence electrons. The molecule has 2 aliphatic carbocycles. The number of pyridine rings is 2. The van der Waals surface area contributed by atoms with Crippen LogP contribution < -0.4 is 0 Å². The Balaban J connectivity index is 1.36. The summed E-state index contributed by atoms with van der Waals surface area (Å²) in [5, 5.41) is 0. The minimum absolute atomic E-state index is 0.0871. The highest BCUT2D eigenvalue weighted by atomic mass is 19.4. The van der Waals surface area contributed by atoms with Crippen molar-refractivity contribution >= 4 is 0 Å². The van der Waals surface area contributed by atoms with E-state index in [1.165, 1.54) is 36.7 Å². The number of aromatic nitrogens is 2. The van der Waals surface area contributed by atoms with Crippen molar-refractivity contribution in [1.82, 2.24) is 9.97 Å². The van der Waals surface area contributed by atoms with Gasteiger partial charge in [0.1, 0.15) is 23.0 Å². The third-order valence-corrected chi connectivity index (χ3v) is 10.2. The van der Waals surface area contributed by atoms with Gasteiger partial charge in [-0.25, -0.2) is 0 Å². The lowest BCUT2D eigenvalue weighted by atomic mass is 9.74. The van der Waals surface area contributed by atoms with Gasteiger partial charge in [-0.1, -0.05) is 136 Å². The normalized spacial score (nSPS) is 21.5. The Kier molecular flexibility index (Phi) is 11.2. The Morgan fingerprint density at radius 3 is 1.26 bits per heavy atom. The Hall–Kier alpha value is -4.76. The van der Waals surface area contributed by atoms with Gasteiger partial charge in [-0.3, -0.25) is 9.97 Å². The molecule has 0 saturated heterocycles. The Labute approximate surface area is 306 Å². The Morgan fingerprint density at radius 1 is 0.585 bits per heavy atom. The number of hydrogen-bond acceptors (Lipinski definition) is 3. The fourth-order valence-corrected chi connectivity index (χ4v) is 7.13. The molecule has 0 radical (unpaired) electrons. The van der Waals surface area contributed by atoms with Gasteiger partial charge in [0.15, 0.2) is 0 Å². The molecule has 0 spiro atoms. The SMILES string of the molecule is CCCc1ccc(C2(C(F)(F)F)C=CC(C(OC(C3=CCC(c4ccc(CCC)cn4)(C(F)(F)F)C=C3)c3ccccc3)c3ccccc3)=CC2)nc1. The van der Waals surface area contributed by atoms with Crippen molar-refractivity contribution in [2.45, 2.75) is 87.8 Å². The molecule has 2 aromatic carbocycles. The van der Waals surface area contributed by atoms with Crippen LogP contribution in [0.2, 0.25) is 0 Å². The van der Waals surface area contributed by atoms with E-state index < -0.39 is 48.2 Å². The molecular weight excluding hydrogens is 686 g/mol. The van der Waals surface area contributed by atoms with E-state index in [2.05, 4.69) is 9.97 Å². The molecular formula is C44H42F6N2O. The number of allylic oxidation sites excluding steroid dienone is 4. The van der Waals surface area contributed by atoms with E-state index in [1.807, 2.05) is 74.5 Å². The van der Waals surface area contributed by atoms with Crippen LogP contribution in [0.25, 0.3) is 0 Å². The second-order valence-electron chi connectivity index (χ2n) is 13.7. The molecule has 2 aliphatic rings. The molecule has 4 atom stereocenters. The highest BCUT2D eigenvalue weighted by Gasteiger charge is 2.56. The predicted molar refractivity (Wildman–Crippen MR) is 195 cm³/mol. The first-order chi connectivity index (χ1) is 25.4. The number of ether oxygens (including phenoxy) is 1.